The van der Waals surface area contributed by atoms with Crippen molar-refractivity contribution in [3.8, 4) is 0 Å². The van der Waals surface area contributed by atoms with Gasteiger partial charge in [0.15, 0.2) is 11.5 Å². The normalized spacial score (nSPS) is 14.3. The van der Waals surface area contributed by atoms with Crippen LogP contribution in [0.4, 0.5) is 19.0 Å². The highest BCUT2D eigenvalue weighted by atomic mass is 19.4. The van der Waals surface area contributed by atoms with Crippen molar-refractivity contribution in [2.75, 3.05) is 31.2 Å². The van der Waals surface area contributed by atoms with Crippen molar-refractivity contribution in [3.05, 3.63) is 53.2 Å². The summed E-state index contributed by atoms with van der Waals surface area (Å²) in [5.41, 5.74) is -1.13. The predicted molar refractivity (Wildman–Crippen MR) is 118 cm³/mol. The van der Waals surface area contributed by atoms with Crippen LogP contribution in [0.15, 0.2) is 36.4 Å². The van der Waals surface area contributed by atoms with Crippen LogP contribution in [-0.2, 0) is 6.18 Å². The van der Waals surface area contributed by atoms with Crippen molar-refractivity contribution in [2.24, 2.45) is 0 Å². The topological polar surface area (TPSA) is 78.4 Å². The molecule has 0 radical (unpaired) electrons. The Balaban J connectivity index is 1.63. The standard InChI is InChI=1S/C23H28F3N5O2/c1-2-3-4-7-13-27-21(32)19-11-12-20(29-28-19)30-14-8-15-31(16-30)22(33)17-9-5-6-10-18(17)23(24,25)26/h5-6,9-12H,2-4,7-8,13-16H2,1H3,(H,27,32). The summed E-state index contributed by atoms with van der Waals surface area (Å²) < 4.78 is 40.0. The lowest BCUT2D eigenvalue weighted by Crippen LogP contribution is -2.48. The second-order valence-corrected chi connectivity index (χ2v) is 7.96. The lowest BCUT2D eigenvalue weighted by Gasteiger charge is -2.36. The Morgan fingerprint density at radius 3 is 2.52 bits per heavy atom. The summed E-state index contributed by atoms with van der Waals surface area (Å²) in [7, 11) is 0. The molecule has 0 spiro atoms. The molecule has 1 N–H and O–H groups in total. The number of carbonyl (C=O) groups is 2. The van der Waals surface area contributed by atoms with Crippen LogP contribution in [0.5, 0.6) is 0 Å². The van der Waals surface area contributed by atoms with Crippen LogP contribution in [-0.4, -0.2) is 53.2 Å². The number of unbranched alkanes of at least 4 members (excludes halogenated alkanes) is 3. The van der Waals surface area contributed by atoms with Gasteiger partial charge in [-0.25, -0.2) is 0 Å². The molecule has 0 bridgehead atoms. The average molecular weight is 464 g/mol. The molecule has 33 heavy (non-hydrogen) atoms. The fourth-order valence-corrected chi connectivity index (χ4v) is 3.70. The van der Waals surface area contributed by atoms with Crippen molar-refractivity contribution in [3.63, 3.8) is 0 Å². The first-order valence-corrected chi connectivity index (χ1v) is 11.1. The fraction of sp³-hybridized carbons (Fsp3) is 0.478. The minimum atomic E-state index is -4.61. The van der Waals surface area contributed by atoms with Crippen molar-refractivity contribution in [1.82, 2.24) is 20.4 Å². The fourth-order valence-electron chi connectivity index (χ4n) is 3.70. The second kappa shape index (κ2) is 11.1. The zero-order valence-electron chi connectivity index (χ0n) is 18.6. The molecule has 1 aliphatic heterocycles. The van der Waals surface area contributed by atoms with E-state index in [2.05, 4.69) is 22.4 Å². The van der Waals surface area contributed by atoms with E-state index in [1.165, 1.54) is 23.1 Å². The van der Waals surface area contributed by atoms with Gasteiger partial charge in [-0.2, -0.15) is 13.2 Å². The molecule has 1 aromatic carbocycles. The van der Waals surface area contributed by atoms with Crippen LogP contribution in [0.1, 0.15) is 65.4 Å². The first kappa shape index (κ1) is 24.5. The SMILES string of the molecule is CCCCCCNC(=O)c1ccc(N2CCCN(C(=O)c3ccccc3C(F)(F)F)C2)nn1. The number of anilines is 1. The molecule has 1 saturated heterocycles. The molecule has 1 aromatic heterocycles. The third-order valence-corrected chi connectivity index (χ3v) is 5.47. The van der Waals surface area contributed by atoms with Gasteiger partial charge < -0.3 is 15.1 Å². The van der Waals surface area contributed by atoms with Gasteiger partial charge in [0.1, 0.15) is 0 Å². The van der Waals surface area contributed by atoms with Crippen molar-refractivity contribution >= 4 is 17.6 Å². The van der Waals surface area contributed by atoms with Crippen molar-refractivity contribution < 1.29 is 22.8 Å². The van der Waals surface area contributed by atoms with Crippen LogP contribution < -0.4 is 10.2 Å². The monoisotopic (exact) mass is 463 g/mol. The van der Waals surface area contributed by atoms with E-state index in [0.717, 1.165) is 31.7 Å². The molecule has 1 aliphatic rings. The van der Waals surface area contributed by atoms with Gasteiger partial charge in [-0.15, -0.1) is 10.2 Å². The number of amides is 2. The number of benzene rings is 1. The zero-order valence-corrected chi connectivity index (χ0v) is 18.6. The molecule has 2 heterocycles. The molecular weight excluding hydrogens is 435 g/mol. The van der Waals surface area contributed by atoms with E-state index in [9.17, 15) is 22.8 Å². The molecule has 10 heteroatoms. The van der Waals surface area contributed by atoms with E-state index in [0.29, 0.717) is 31.9 Å². The Morgan fingerprint density at radius 1 is 1.03 bits per heavy atom. The van der Waals surface area contributed by atoms with E-state index < -0.39 is 17.6 Å². The molecular formula is C23H28F3N5O2. The van der Waals surface area contributed by atoms with Crippen LogP contribution >= 0.6 is 0 Å². The molecule has 7 nitrogen and oxygen atoms in total. The molecule has 1 fully saturated rings. The van der Waals surface area contributed by atoms with Gasteiger partial charge in [0, 0.05) is 19.6 Å². The largest absolute Gasteiger partial charge is 0.417 e. The Bertz CT molecular complexity index is 950. The highest BCUT2D eigenvalue weighted by molar-refractivity contribution is 5.96. The summed E-state index contributed by atoms with van der Waals surface area (Å²) in [6.45, 7) is 3.69. The maximum atomic E-state index is 13.3. The van der Waals surface area contributed by atoms with Crippen LogP contribution in [0.25, 0.3) is 0 Å². The van der Waals surface area contributed by atoms with Gasteiger partial charge in [0.25, 0.3) is 11.8 Å². The van der Waals surface area contributed by atoms with Crippen LogP contribution in [0.2, 0.25) is 0 Å². The third-order valence-electron chi connectivity index (χ3n) is 5.47. The van der Waals surface area contributed by atoms with Gasteiger partial charge >= 0.3 is 6.18 Å². The summed E-state index contributed by atoms with van der Waals surface area (Å²) in [6.07, 6.45) is 0.164. The number of alkyl halides is 3. The summed E-state index contributed by atoms with van der Waals surface area (Å²) in [5.74, 6) is -0.527. The maximum absolute atomic E-state index is 13.3. The second-order valence-electron chi connectivity index (χ2n) is 7.96. The number of rotatable bonds is 8. The molecule has 0 atom stereocenters. The maximum Gasteiger partial charge on any atom is 0.417 e. The number of carbonyl (C=O) groups excluding carboxylic acids is 2. The number of nitrogens with one attached hydrogen (secondary N) is 1. The number of halogens is 3. The molecule has 0 unspecified atom stereocenters. The molecule has 0 saturated carbocycles. The lowest BCUT2D eigenvalue weighted by molar-refractivity contribution is -0.138. The lowest BCUT2D eigenvalue weighted by atomic mass is 10.1. The Labute approximate surface area is 191 Å². The number of hydrogen-bond acceptors (Lipinski definition) is 5. The Hall–Kier alpha value is -3.17. The molecule has 178 valence electrons. The average Bonchev–Trinajstić information content (AvgIpc) is 2.83. The van der Waals surface area contributed by atoms with Crippen molar-refractivity contribution in [1.29, 1.82) is 0 Å². The van der Waals surface area contributed by atoms with Gasteiger partial charge in [0.05, 0.1) is 17.8 Å². The molecule has 2 aromatic rings. The van der Waals surface area contributed by atoms with E-state index in [1.807, 2.05) is 0 Å². The van der Waals surface area contributed by atoms with Gasteiger partial charge in [-0.05, 0) is 37.1 Å². The molecule has 0 aliphatic carbocycles. The first-order chi connectivity index (χ1) is 15.8. The smallest absolute Gasteiger partial charge is 0.351 e. The van der Waals surface area contributed by atoms with E-state index >= 15 is 0 Å². The minimum Gasteiger partial charge on any atom is -0.351 e. The summed E-state index contributed by atoms with van der Waals surface area (Å²) >= 11 is 0. The van der Waals surface area contributed by atoms with Gasteiger partial charge in [0.2, 0.25) is 0 Å². The first-order valence-electron chi connectivity index (χ1n) is 11.1. The van der Waals surface area contributed by atoms with E-state index in [4.69, 9.17) is 0 Å². The highest BCUT2D eigenvalue weighted by Crippen LogP contribution is 2.32. The summed E-state index contributed by atoms with van der Waals surface area (Å²) in [5, 5.41) is 10.9. The van der Waals surface area contributed by atoms with Gasteiger partial charge in [-0.1, -0.05) is 38.3 Å². The quantitative estimate of drug-likeness (QED) is 0.596. The van der Waals surface area contributed by atoms with E-state index in [-0.39, 0.29) is 23.8 Å². The highest BCUT2D eigenvalue weighted by Gasteiger charge is 2.36. The Kier molecular flexibility index (Phi) is 8.24. The van der Waals surface area contributed by atoms with Crippen LogP contribution in [0, 0.1) is 0 Å². The van der Waals surface area contributed by atoms with Gasteiger partial charge in [-0.3, -0.25) is 9.59 Å². The number of hydrogen-bond donors (Lipinski definition) is 1. The molecule has 3 rings (SSSR count). The van der Waals surface area contributed by atoms with E-state index in [1.54, 1.807) is 17.0 Å². The molecule has 2 amide bonds. The third kappa shape index (κ3) is 6.43. The minimum absolute atomic E-state index is 0.0860. The Morgan fingerprint density at radius 2 is 1.82 bits per heavy atom. The number of nitrogens with zero attached hydrogens (tertiary/aromatic N) is 4. The summed E-state index contributed by atoms with van der Waals surface area (Å²) in [6, 6.07) is 7.98. The van der Waals surface area contributed by atoms with Crippen molar-refractivity contribution in [2.45, 2.75) is 45.2 Å². The number of aromatic nitrogens is 2. The van der Waals surface area contributed by atoms with Crippen LogP contribution in [0.3, 0.4) is 0 Å². The predicted octanol–water partition coefficient (Wildman–Crippen LogP) is 4.12. The summed E-state index contributed by atoms with van der Waals surface area (Å²) in [4.78, 5) is 28.2. The zero-order chi connectivity index (χ0) is 23.8.